The molecular weight excluding hydrogens is 380 g/mol. The third kappa shape index (κ3) is 4.20. The number of aromatic nitrogens is 3. The standard InChI is InChI=1S/C23H26N4O3/c1-14(2)27-22-19(12-24-27)18(11-20(26-22)17-7-5-4-6-8-17)23(29)30-13-21(28)25-15(3)16-9-10-16/h4-8,11-12,14-16H,9-10,13H2,1-3H3,(H,25,28)/t15-/m0/s1. The first-order valence-electron chi connectivity index (χ1n) is 10.3. The minimum Gasteiger partial charge on any atom is -0.452 e. The van der Waals surface area contributed by atoms with Crippen LogP contribution in [-0.4, -0.2) is 39.3 Å². The second-order valence-corrected chi connectivity index (χ2v) is 8.11. The van der Waals surface area contributed by atoms with Gasteiger partial charge in [-0.15, -0.1) is 0 Å². The van der Waals surface area contributed by atoms with Crippen molar-refractivity contribution in [1.29, 1.82) is 0 Å². The molecule has 1 aliphatic carbocycles. The minimum atomic E-state index is -0.558. The molecule has 0 spiro atoms. The number of ether oxygens (including phenoxy) is 1. The molecule has 4 rings (SSSR count). The van der Waals surface area contributed by atoms with Crippen LogP contribution in [0.4, 0.5) is 0 Å². The maximum atomic E-state index is 12.9. The molecule has 3 aromatic rings. The highest BCUT2D eigenvalue weighted by Gasteiger charge is 2.29. The van der Waals surface area contributed by atoms with E-state index < -0.39 is 5.97 Å². The molecule has 2 heterocycles. The number of nitrogens with zero attached hydrogens (tertiary/aromatic N) is 3. The Morgan fingerprint density at radius 1 is 1.20 bits per heavy atom. The van der Waals surface area contributed by atoms with Crippen molar-refractivity contribution >= 4 is 22.9 Å². The average molecular weight is 406 g/mol. The molecule has 0 aliphatic heterocycles. The Labute approximate surface area is 175 Å². The van der Waals surface area contributed by atoms with Gasteiger partial charge in [-0.2, -0.15) is 5.10 Å². The molecule has 1 saturated carbocycles. The van der Waals surface area contributed by atoms with Gasteiger partial charge in [0, 0.05) is 17.6 Å². The second kappa shape index (κ2) is 8.26. The highest BCUT2D eigenvalue weighted by molar-refractivity contribution is 6.04. The number of hydrogen-bond donors (Lipinski definition) is 1. The van der Waals surface area contributed by atoms with Crippen molar-refractivity contribution in [3.8, 4) is 11.3 Å². The van der Waals surface area contributed by atoms with Crippen molar-refractivity contribution < 1.29 is 14.3 Å². The normalized spacial score (nSPS) is 14.7. The smallest absolute Gasteiger partial charge is 0.339 e. The van der Waals surface area contributed by atoms with Gasteiger partial charge in [0.15, 0.2) is 12.3 Å². The summed E-state index contributed by atoms with van der Waals surface area (Å²) in [4.78, 5) is 29.8. The van der Waals surface area contributed by atoms with Crippen LogP contribution in [0.15, 0.2) is 42.6 Å². The molecule has 1 amide bonds. The van der Waals surface area contributed by atoms with Crippen molar-refractivity contribution in [2.45, 2.75) is 45.7 Å². The fourth-order valence-electron chi connectivity index (χ4n) is 3.54. The zero-order valence-corrected chi connectivity index (χ0v) is 17.5. The SMILES string of the molecule is CC(C)n1ncc2c(C(=O)OCC(=O)N[C@@H](C)C3CC3)cc(-c3ccccc3)nc21. The minimum absolute atomic E-state index is 0.0829. The first kappa shape index (κ1) is 20.1. The molecule has 2 aromatic heterocycles. The van der Waals surface area contributed by atoms with Crippen molar-refractivity contribution in [2.24, 2.45) is 5.92 Å². The van der Waals surface area contributed by atoms with Crippen LogP contribution in [-0.2, 0) is 9.53 Å². The van der Waals surface area contributed by atoms with Gasteiger partial charge in [-0.3, -0.25) is 4.79 Å². The van der Waals surface area contributed by atoms with E-state index in [9.17, 15) is 9.59 Å². The van der Waals surface area contributed by atoms with Crippen LogP contribution in [0.25, 0.3) is 22.3 Å². The number of fused-ring (bicyclic) bond motifs is 1. The van der Waals surface area contributed by atoms with E-state index in [0.29, 0.717) is 28.2 Å². The lowest BCUT2D eigenvalue weighted by Gasteiger charge is -2.13. The molecule has 0 radical (unpaired) electrons. The van der Waals surface area contributed by atoms with Gasteiger partial charge < -0.3 is 10.1 Å². The maximum absolute atomic E-state index is 12.9. The van der Waals surface area contributed by atoms with Crippen LogP contribution in [0.5, 0.6) is 0 Å². The van der Waals surface area contributed by atoms with Crippen molar-refractivity contribution in [3.63, 3.8) is 0 Å². The van der Waals surface area contributed by atoms with Crippen molar-refractivity contribution in [3.05, 3.63) is 48.2 Å². The summed E-state index contributed by atoms with van der Waals surface area (Å²) < 4.78 is 7.12. The molecule has 0 saturated heterocycles. The predicted octanol–water partition coefficient (Wildman–Crippen LogP) is 3.75. The molecule has 7 nitrogen and oxygen atoms in total. The fourth-order valence-corrected chi connectivity index (χ4v) is 3.54. The fraction of sp³-hybridized carbons (Fsp3) is 0.391. The van der Waals surface area contributed by atoms with Gasteiger partial charge in [-0.05, 0) is 45.6 Å². The van der Waals surface area contributed by atoms with E-state index in [1.807, 2.05) is 51.1 Å². The summed E-state index contributed by atoms with van der Waals surface area (Å²) in [6.45, 7) is 5.69. The Bertz CT molecular complexity index is 1070. The van der Waals surface area contributed by atoms with Crippen LogP contribution < -0.4 is 5.32 Å². The molecule has 7 heteroatoms. The number of nitrogens with one attached hydrogen (secondary N) is 1. The number of hydrogen-bond acceptors (Lipinski definition) is 5. The zero-order chi connectivity index (χ0) is 21.3. The van der Waals surface area contributed by atoms with Crippen molar-refractivity contribution in [2.75, 3.05) is 6.61 Å². The predicted molar refractivity (Wildman–Crippen MR) is 114 cm³/mol. The molecule has 0 unspecified atom stereocenters. The summed E-state index contributed by atoms with van der Waals surface area (Å²) in [5, 5.41) is 7.91. The molecule has 0 bridgehead atoms. The third-order valence-corrected chi connectivity index (χ3v) is 5.40. The first-order valence-corrected chi connectivity index (χ1v) is 10.3. The van der Waals surface area contributed by atoms with Gasteiger partial charge in [0.1, 0.15) is 0 Å². The molecule has 1 atom stereocenters. The van der Waals surface area contributed by atoms with Crippen LogP contribution >= 0.6 is 0 Å². The summed E-state index contributed by atoms with van der Waals surface area (Å²) >= 11 is 0. The largest absolute Gasteiger partial charge is 0.452 e. The van der Waals surface area contributed by atoms with Gasteiger partial charge in [-0.25, -0.2) is 14.5 Å². The van der Waals surface area contributed by atoms with Gasteiger partial charge in [0.2, 0.25) is 0 Å². The third-order valence-electron chi connectivity index (χ3n) is 5.40. The zero-order valence-electron chi connectivity index (χ0n) is 17.5. The lowest BCUT2D eigenvalue weighted by Crippen LogP contribution is -2.37. The molecule has 1 aliphatic rings. The Morgan fingerprint density at radius 2 is 1.93 bits per heavy atom. The summed E-state index contributed by atoms with van der Waals surface area (Å²) in [7, 11) is 0. The van der Waals surface area contributed by atoms with Gasteiger partial charge in [0.05, 0.1) is 22.8 Å². The molecule has 1 N–H and O–H groups in total. The first-order chi connectivity index (χ1) is 14.4. The summed E-state index contributed by atoms with van der Waals surface area (Å²) in [6, 6.07) is 11.5. The number of pyridine rings is 1. The summed E-state index contributed by atoms with van der Waals surface area (Å²) in [5.41, 5.74) is 2.52. The number of rotatable bonds is 7. The second-order valence-electron chi connectivity index (χ2n) is 8.11. The van der Waals surface area contributed by atoms with E-state index in [0.717, 1.165) is 18.4 Å². The van der Waals surface area contributed by atoms with E-state index in [-0.39, 0.29) is 24.6 Å². The maximum Gasteiger partial charge on any atom is 0.339 e. The van der Waals surface area contributed by atoms with Crippen LogP contribution in [0.3, 0.4) is 0 Å². The Balaban J connectivity index is 1.61. The van der Waals surface area contributed by atoms with Crippen molar-refractivity contribution in [1.82, 2.24) is 20.1 Å². The Kier molecular flexibility index (Phi) is 5.53. The number of carbonyl (C=O) groups is 2. The van der Waals surface area contributed by atoms with Gasteiger partial charge in [-0.1, -0.05) is 30.3 Å². The molecule has 1 fully saturated rings. The number of carbonyl (C=O) groups excluding carboxylic acids is 2. The lowest BCUT2D eigenvalue weighted by atomic mass is 10.1. The molecular formula is C23H26N4O3. The molecule has 30 heavy (non-hydrogen) atoms. The van der Waals surface area contributed by atoms with Crippen LogP contribution in [0, 0.1) is 5.92 Å². The Morgan fingerprint density at radius 3 is 2.60 bits per heavy atom. The monoisotopic (exact) mass is 406 g/mol. The van der Waals surface area contributed by atoms with E-state index in [2.05, 4.69) is 10.4 Å². The number of esters is 1. The van der Waals surface area contributed by atoms with E-state index in [4.69, 9.17) is 9.72 Å². The highest BCUT2D eigenvalue weighted by atomic mass is 16.5. The van der Waals surface area contributed by atoms with E-state index >= 15 is 0 Å². The van der Waals surface area contributed by atoms with Gasteiger partial charge in [0.25, 0.3) is 5.91 Å². The van der Waals surface area contributed by atoms with Gasteiger partial charge >= 0.3 is 5.97 Å². The lowest BCUT2D eigenvalue weighted by molar-refractivity contribution is -0.124. The quantitative estimate of drug-likeness (QED) is 0.604. The van der Waals surface area contributed by atoms with E-state index in [1.54, 1.807) is 16.9 Å². The van der Waals surface area contributed by atoms with E-state index in [1.165, 1.54) is 0 Å². The number of amides is 1. The summed E-state index contributed by atoms with van der Waals surface area (Å²) in [5.74, 6) is -0.300. The molecule has 1 aromatic carbocycles. The highest BCUT2D eigenvalue weighted by Crippen LogP contribution is 2.32. The van der Waals surface area contributed by atoms with Crippen LogP contribution in [0.2, 0.25) is 0 Å². The number of benzene rings is 1. The molecule has 156 valence electrons. The Hall–Kier alpha value is -3.22. The topological polar surface area (TPSA) is 86.1 Å². The average Bonchev–Trinajstić information content (AvgIpc) is 3.50. The van der Waals surface area contributed by atoms with Crippen LogP contribution in [0.1, 0.15) is 50.0 Å². The summed E-state index contributed by atoms with van der Waals surface area (Å²) in [6.07, 6.45) is 3.90.